The molecule has 0 saturated heterocycles. The maximum Gasteiger partial charge on any atom is 0.244 e. The molecule has 0 spiro atoms. The number of ether oxygens (including phenoxy) is 1. The molecular formula is C13H17N3O2S. The average Bonchev–Trinajstić information content (AvgIpc) is 2.82. The molecule has 0 unspecified atom stereocenters. The van der Waals surface area contributed by atoms with E-state index in [0.29, 0.717) is 13.2 Å². The molecule has 102 valence electrons. The van der Waals surface area contributed by atoms with Crippen molar-refractivity contribution in [1.82, 2.24) is 14.7 Å². The van der Waals surface area contributed by atoms with Crippen molar-refractivity contribution in [3.05, 3.63) is 28.5 Å². The highest BCUT2D eigenvalue weighted by atomic mass is 32.1. The lowest BCUT2D eigenvalue weighted by Crippen LogP contribution is -2.24. The molecule has 2 heterocycles. The zero-order chi connectivity index (χ0) is 13.8. The first-order valence-corrected chi connectivity index (χ1v) is 6.83. The van der Waals surface area contributed by atoms with Gasteiger partial charge in [-0.25, -0.2) is 4.98 Å². The Morgan fingerprint density at radius 3 is 3.11 bits per heavy atom. The zero-order valence-electron chi connectivity index (χ0n) is 11.3. The molecule has 5 nitrogen and oxygen atoms in total. The number of aryl methyl sites for hydroxylation is 2. The van der Waals surface area contributed by atoms with Gasteiger partial charge >= 0.3 is 0 Å². The zero-order valence-corrected chi connectivity index (χ0v) is 12.1. The van der Waals surface area contributed by atoms with E-state index >= 15 is 0 Å². The highest BCUT2D eigenvalue weighted by Crippen LogP contribution is 2.21. The summed E-state index contributed by atoms with van der Waals surface area (Å²) in [7, 11) is 1.60. The third-order valence-electron chi connectivity index (χ3n) is 2.66. The number of amides is 1. The molecular weight excluding hydrogens is 262 g/mol. The van der Waals surface area contributed by atoms with Gasteiger partial charge in [0.1, 0.15) is 0 Å². The monoisotopic (exact) mass is 279 g/mol. The van der Waals surface area contributed by atoms with Gasteiger partial charge in [0.2, 0.25) is 5.91 Å². The number of nitrogens with one attached hydrogen (secondary N) is 1. The van der Waals surface area contributed by atoms with Crippen LogP contribution < -0.4 is 5.32 Å². The van der Waals surface area contributed by atoms with Gasteiger partial charge in [-0.2, -0.15) is 0 Å². The van der Waals surface area contributed by atoms with E-state index < -0.39 is 0 Å². The Morgan fingerprint density at radius 1 is 1.58 bits per heavy atom. The van der Waals surface area contributed by atoms with Crippen molar-refractivity contribution in [1.29, 1.82) is 0 Å². The molecule has 1 N–H and O–H groups in total. The molecule has 2 aromatic heterocycles. The topological polar surface area (TPSA) is 55.6 Å². The summed E-state index contributed by atoms with van der Waals surface area (Å²) in [5.41, 5.74) is 1.87. The van der Waals surface area contributed by atoms with E-state index in [2.05, 4.69) is 10.3 Å². The van der Waals surface area contributed by atoms with Gasteiger partial charge in [-0.05, 0) is 19.9 Å². The average molecular weight is 279 g/mol. The quantitative estimate of drug-likeness (QED) is 0.670. The second-order valence-electron chi connectivity index (χ2n) is 4.19. The maximum absolute atomic E-state index is 11.6. The molecule has 0 saturated carbocycles. The fourth-order valence-corrected chi connectivity index (χ4v) is 2.65. The molecule has 0 fully saturated rings. The first-order chi connectivity index (χ1) is 9.11. The van der Waals surface area contributed by atoms with Crippen molar-refractivity contribution >= 4 is 28.3 Å². The summed E-state index contributed by atoms with van der Waals surface area (Å²) < 4.78 is 6.88. The molecule has 19 heavy (non-hydrogen) atoms. The Morgan fingerprint density at radius 2 is 2.37 bits per heavy atom. The van der Waals surface area contributed by atoms with Gasteiger partial charge in [-0.3, -0.25) is 9.20 Å². The number of hydrogen-bond donors (Lipinski definition) is 1. The lowest BCUT2D eigenvalue weighted by atomic mass is 10.3. The van der Waals surface area contributed by atoms with Gasteiger partial charge in [0, 0.05) is 30.8 Å². The molecule has 0 aliphatic heterocycles. The number of carbonyl (C=O) groups is 1. The van der Waals surface area contributed by atoms with Crippen LogP contribution >= 0.6 is 11.3 Å². The third kappa shape index (κ3) is 3.21. The Kier molecular flexibility index (Phi) is 4.34. The van der Waals surface area contributed by atoms with Gasteiger partial charge in [-0.1, -0.05) is 0 Å². The number of hydrogen-bond acceptors (Lipinski definition) is 4. The molecule has 1 amide bonds. The normalized spacial score (nSPS) is 11.5. The van der Waals surface area contributed by atoms with Crippen LogP contribution in [0, 0.1) is 13.8 Å². The lowest BCUT2D eigenvalue weighted by Gasteiger charge is -1.99. The summed E-state index contributed by atoms with van der Waals surface area (Å²) in [6.07, 6.45) is 5.35. The van der Waals surface area contributed by atoms with Gasteiger partial charge < -0.3 is 10.1 Å². The minimum absolute atomic E-state index is 0.127. The smallest absolute Gasteiger partial charge is 0.244 e. The molecule has 0 aliphatic carbocycles. The Labute approximate surface area is 115 Å². The predicted octanol–water partition coefficient (Wildman–Crippen LogP) is 1.79. The van der Waals surface area contributed by atoms with E-state index in [1.807, 2.05) is 24.4 Å². The fourth-order valence-electron chi connectivity index (χ4n) is 1.77. The molecule has 0 atom stereocenters. The summed E-state index contributed by atoms with van der Waals surface area (Å²) in [6, 6.07) is 0. The van der Waals surface area contributed by atoms with Crippen molar-refractivity contribution < 1.29 is 9.53 Å². The number of methoxy groups -OCH3 is 1. The number of aromatic nitrogens is 2. The largest absolute Gasteiger partial charge is 0.383 e. The van der Waals surface area contributed by atoms with E-state index in [-0.39, 0.29) is 5.91 Å². The van der Waals surface area contributed by atoms with Crippen LogP contribution in [0.5, 0.6) is 0 Å². The fraction of sp³-hybridized carbons (Fsp3) is 0.385. The summed E-state index contributed by atoms with van der Waals surface area (Å²) in [5, 5.41) is 2.74. The second kappa shape index (κ2) is 5.99. The van der Waals surface area contributed by atoms with Crippen LogP contribution in [-0.4, -0.2) is 35.6 Å². The van der Waals surface area contributed by atoms with Gasteiger partial charge in [0.25, 0.3) is 0 Å². The van der Waals surface area contributed by atoms with E-state index in [4.69, 9.17) is 4.74 Å². The predicted molar refractivity (Wildman–Crippen MR) is 76.5 cm³/mol. The van der Waals surface area contributed by atoms with E-state index in [0.717, 1.165) is 16.3 Å². The van der Waals surface area contributed by atoms with Crippen molar-refractivity contribution in [2.24, 2.45) is 0 Å². The number of rotatable bonds is 5. The summed E-state index contributed by atoms with van der Waals surface area (Å²) >= 11 is 1.64. The highest BCUT2D eigenvalue weighted by Gasteiger charge is 2.08. The Balaban J connectivity index is 2.11. The summed E-state index contributed by atoms with van der Waals surface area (Å²) in [6.45, 7) is 5.01. The maximum atomic E-state index is 11.6. The first-order valence-electron chi connectivity index (χ1n) is 6.01. The van der Waals surface area contributed by atoms with Crippen LogP contribution in [0.25, 0.3) is 11.0 Å². The molecule has 2 aromatic rings. The van der Waals surface area contributed by atoms with E-state index in [1.54, 1.807) is 24.5 Å². The van der Waals surface area contributed by atoms with E-state index in [9.17, 15) is 4.79 Å². The Hall–Kier alpha value is -1.66. The van der Waals surface area contributed by atoms with E-state index in [1.165, 1.54) is 11.0 Å². The minimum Gasteiger partial charge on any atom is -0.383 e. The summed E-state index contributed by atoms with van der Waals surface area (Å²) in [5.74, 6) is -0.127. The van der Waals surface area contributed by atoms with Crippen LogP contribution in [0.4, 0.5) is 0 Å². The van der Waals surface area contributed by atoms with Gasteiger partial charge in [0.05, 0.1) is 18.0 Å². The van der Waals surface area contributed by atoms with Gasteiger partial charge in [0.15, 0.2) is 4.96 Å². The van der Waals surface area contributed by atoms with Crippen molar-refractivity contribution in [3.63, 3.8) is 0 Å². The number of fused-ring (bicyclic) bond motifs is 1. The summed E-state index contributed by atoms with van der Waals surface area (Å²) in [4.78, 5) is 18.2. The number of nitrogens with zero attached hydrogens (tertiary/aromatic N) is 2. The minimum atomic E-state index is -0.127. The van der Waals surface area contributed by atoms with Gasteiger partial charge in [-0.15, -0.1) is 11.3 Å². The van der Waals surface area contributed by atoms with Crippen LogP contribution in [0.1, 0.15) is 16.3 Å². The second-order valence-corrected chi connectivity index (χ2v) is 5.41. The first kappa shape index (κ1) is 13.8. The van der Waals surface area contributed by atoms with Crippen molar-refractivity contribution in [3.8, 4) is 0 Å². The third-order valence-corrected chi connectivity index (χ3v) is 3.56. The van der Waals surface area contributed by atoms with Crippen LogP contribution in [0.2, 0.25) is 0 Å². The molecule has 6 heteroatoms. The van der Waals surface area contributed by atoms with Crippen molar-refractivity contribution in [2.45, 2.75) is 13.8 Å². The van der Waals surface area contributed by atoms with Crippen LogP contribution in [0.3, 0.4) is 0 Å². The molecule has 0 aromatic carbocycles. The standard InChI is InChI=1S/C13H17N3O2S/c1-9-8-16-11(10(2)15-13(16)19-9)4-5-12(17)14-6-7-18-3/h4-5,8H,6-7H2,1-3H3,(H,14,17)/b5-4+. The molecule has 0 aliphatic rings. The number of carbonyl (C=O) groups excluding carboxylic acids is 1. The Bertz CT molecular complexity index is 613. The number of thiazole rings is 1. The molecule has 0 radical (unpaired) electrons. The van der Waals surface area contributed by atoms with Crippen LogP contribution in [-0.2, 0) is 9.53 Å². The molecule has 2 rings (SSSR count). The van der Waals surface area contributed by atoms with Crippen molar-refractivity contribution in [2.75, 3.05) is 20.3 Å². The lowest BCUT2D eigenvalue weighted by molar-refractivity contribution is -0.116. The SMILES string of the molecule is COCCNC(=O)/C=C/c1c(C)nc2sc(C)cn12. The highest BCUT2D eigenvalue weighted by molar-refractivity contribution is 7.17. The number of imidazole rings is 1. The molecule has 0 bridgehead atoms. The van der Waals surface area contributed by atoms with Crippen LogP contribution in [0.15, 0.2) is 12.3 Å².